The number of nitrogens with one attached hydrogen (secondary N) is 1. The summed E-state index contributed by atoms with van der Waals surface area (Å²) >= 11 is 0. The molecule has 2 atom stereocenters. The number of carbonyl (C=O) groups is 1. The summed E-state index contributed by atoms with van der Waals surface area (Å²) in [6, 6.07) is 16.7. The van der Waals surface area contributed by atoms with Crippen LogP contribution >= 0.6 is 0 Å². The first kappa shape index (κ1) is 19.0. The van der Waals surface area contributed by atoms with Crippen LogP contribution in [-0.2, 0) is 9.53 Å². The number of carbonyl (C=O) groups excluding carboxylic acids is 1. The quantitative estimate of drug-likeness (QED) is 0.632. The Morgan fingerprint density at radius 3 is 2.52 bits per heavy atom. The summed E-state index contributed by atoms with van der Waals surface area (Å²) < 4.78 is 4.87. The van der Waals surface area contributed by atoms with E-state index in [0.717, 1.165) is 12.1 Å². The van der Waals surface area contributed by atoms with Gasteiger partial charge in [-0.25, -0.2) is 4.79 Å². The fourth-order valence-corrected chi connectivity index (χ4v) is 3.45. The number of benzene rings is 2. The van der Waals surface area contributed by atoms with Crippen molar-refractivity contribution in [1.29, 1.82) is 0 Å². The summed E-state index contributed by atoms with van der Waals surface area (Å²) in [4.78, 5) is 17.3. The van der Waals surface area contributed by atoms with Gasteiger partial charge in [0.05, 0.1) is 19.6 Å². The summed E-state index contributed by atoms with van der Waals surface area (Å²) in [5.74, 6) is -0.0277. The Hall–Kier alpha value is -2.79. The van der Waals surface area contributed by atoms with Crippen molar-refractivity contribution < 1.29 is 14.8 Å². The highest BCUT2D eigenvalue weighted by molar-refractivity contribution is 5.84. The molecule has 5 nitrogen and oxygen atoms in total. The minimum absolute atomic E-state index is 0.171. The number of ether oxygens (including phenoxy) is 1. The fourth-order valence-electron chi connectivity index (χ4n) is 3.45. The number of rotatable bonds is 7. The van der Waals surface area contributed by atoms with Gasteiger partial charge in [-0.1, -0.05) is 30.3 Å². The lowest BCUT2D eigenvalue weighted by molar-refractivity contribution is -0.676. The molecule has 0 aliphatic heterocycles. The van der Waals surface area contributed by atoms with Crippen molar-refractivity contribution in [2.45, 2.75) is 18.9 Å². The first-order valence-corrected chi connectivity index (χ1v) is 9.25. The zero-order valence-electron chi connectivity index (χ0n) is 16.4. The second-order valence-corrected chi connectivity index (χ2v) is 7.11. The normalized spacial score (nSPS) is 13.3. The second kappa shape index (κ2) is 8.27. The van der Waals surface area contributed by atoms with E-state index in [-0.39, 0.29) is 17.9 Å². The maximum Gasteiger partial charge on any atom is 0.364 e. The van der Waals surface area contributed by atoms with Gasteiger partial charge < -0.3 is 19.9 Å². The Morgan fingerprint density at radius 2 is 1.85 bits per heavy atom. The molecule has 0 radical (unpaired) electrons. The number of nitrogens with zero attached hydrogens (tertiary/aromatic N) is 1. The molecule has 142 valence electrons. The third kappa shape index (κ3) is 4.14. The van der Waals surface area contributed by atoms with Gasteiger partial charge >= 0.3 is 5.97 Å². The Bertz CT molecular complexity index is 899. The van der Waals surface area contributed by atoms with Crippen molar-refractivity contribution in [3.63, 3.8) is 0 Å². The minimum atomic E-state index is -0.233. The van der Waals surface area contributed by atoms with Crippen LogP contribution in [0.5, 0.6) is 0 Å². The van der Waals surface area contributed by atoms with Gasteiger partial charge in [-0.15, -0.1) is 0 Å². The summed E-state index contributed by atoms with van der Waals surface area (Å²) in [5, 5.41) is 3.27. The smallest absolute Gasteiger partial charge is 0.364 e. The Morgan fingerprint density at radius 1 is 1.15 bits per heavy atom. The van der Waals surface area contributed by atoms with Gasteiger partial charge in [0.2, 0.25) is 0 Å². The van der Waals surface area contributed by atoms with E-state index in [1.165, 1.54) is 29.3 Å². The minimum Gasteiger partial charge on any atom is -0.465 e. The third-order valence-corrected chi connectivity index (χ3v) is 5.11. The van der Waals surface area contributed by atoms with Gasteiger partial charge in [-0.2, -0.15) is 0 Å². The van der Waals surface area contributed by atoms with Crippen LogP contribution < -0.4 is 10.2 Å². The van der Waals surface area contributed by atoms with Crippen LogP contribution in [0.4, 0.5) is 5.69 Å². The van der Waals surface area contributed by atoms with Crippen LogP contribution in [-0.4, -0.2) is 44.7 Å². The number of hydrogen-bond acceptors (Lipinski definition) is 3. The van der Waals surface area contributed by atoms with Crippen molar-refractivity contribution in [1.82, 2.24) is 4.98 Å². The molecule has 27 heavy (non-hydrogen) atoms. The lowest BCUT2D eigenvalue weighted by atomic mass is 9.90. The molecule has 3 aromatic rings. The lowest BCUT2D eigenvalue weighted by Crippen LogP contribution is -2.92. The van der Waals surface area contributed by atoms with Crippen LogP contribution in [0.15, 0.2) is 54.7 Å². The second-order valence-electron chi connectivity index (χ2n) is 7.11. The zero-order valence-corrected chi connectivity index (χ0v) is 16.4. The molecule has 0 saturated heterocycles. The van der Waals surface area contributed by atoms with Crippen molar-refractivity contribution in [2.75, 3.05) is 32.6 Å². The average molecular weight is 366 g/mol. The number of anilines is 1. The summed E-state index contributed by atoms with van der Waals surface area (Å²) in [7, 11) is 5.51. The van der Waals surface area contributed by atoms with E-state index in [9.17, 15) is 4.79 Å². The van der Waals surface area contributed by atoms with Crippen LogP contribution in [0, 0.1) is 0 Å². The topological polar surface area (TPSA) is 61.9 Å². The molecule has 1 aromatic heterocycles. The van der Waals surface area contributed by atoms with Crippen LogP contribution in [0.3, 0.4) is 0 Å². The van der Waals surface area contributed by atoms with Crippen molar-refractivity contribution in [3.8, 4) is 0 Å². The molecule has 0 bridgehead atoms. The molecule has 0 saturated carbocycles. The molecule has 3 rings (SSSR count). The summed E-state index contributed by atoms with van der Waals surface area (Å²) in [6.45, 7) is 2.65. The highest BCUT2D eigenvalue weighted by atomic mass is 16.5. The summed E-state index contributed by atoms with van der Waals surface area (Å²) in [6.07, 6.45) is 2.09. The monoisotopic (exact) mass is 366 g/mol. The number of para-hydroxylation sites is 1. The Kier molecular flexibility index (Phi) is 5.81. The summed E-state index contributed by atoms with van der Waals surface area (Å²) in [5.41, 5.74) is 4.78. The van der Waals surface area contributed by atoms with Crippen LogP contribution in [0.25, 0.3) is 10.9 Å². The highest BCUT2D eigenvalue weighted by Gasteiger charge is 2.23. The van der Waals surface area contributed by atoms with Gasteiger partial charge in [-0.3, -0.25) is 0 Å². The van der Waals surface area contributed by atoms with E-state index < -0.39 is 0 Å². The molecule has 0 fully saturated rings. The number of methoxy groups -OCH3 is 1. The number of H-pyrrole nitrogens is 1. The highest BCUT2D eigenvalue weighted by Crippen LogP contribution is 2.30. The maximum atomic E-state index is 11.8. The predicted octanol–water partition coefficient (Wildman–Crippen LogP) is 2.49. The van der Waals surface area contributed by atoms with Crippen LogP contribution in [0.2, 0.25) is 0 Å². The van der Waals surface area contributed by atoms with Gasteiger partial charge in [0, 0.05) is 36.9 Å². The van der Waals surface area contributed by atoms with Gasteiger partial charge in [0.1, 0.15) is 0 Å². The third-order valence-electron chi connectivity index (χ3n) is 5.11. The van der Waals surface area contributed by atoms with E-state index in [4.69, 9.17) is 4.74 Å². The standard InChI is InChI=1S/C22H27N3O2/c1-15(22(26)27-4)23-13-19(16-9-11-17(12-10-16)25(2)3)20-14-24-21-8-6-5-7-18(20)21/h5-12,14-15,19,23-24H,13H2,1-4H3/p+1/t15-,19+/m1/s1. The number of fused-ring (bicyclic) bond motifs is 1. The molecule has 1 heterocycles. The van der Waals surface area contributed by atoms with Crippen molar-refractivity contribution in [3.05, 3.63) is 65.9 Å². The predicted molar refractivity (Wildman–Crippen MR) is 109 cm³/mol. The molecule has 0 amide bonds. The molecule has 0 unspecified atom stereocenters. The number of nitrogens with two attached hydrogens (primary N) is 1. The molecule has 0 aliphatic carbocycles. The van der Waals surface area contributed by atoms with Gasteiger partial charge in [0.15, 0.2) is 6.04 Å². The van der Waals surface area contributed by atoms with E-state index in [2.05, 4.69) is 63.9 Å². The zero-order chi connectivity index (χ0) is 19.4. The molecule has 0 spiro atoms. The Labute approximate surface area is 160 Å². The number of quaternary nitrogens is 1. The number of hydrogen-bond donors (Lipinski definition) is 2. The average Bonchev–Trinajstić information content (AvgIpc) is 3.11. The number of aromatic amines is 1. The first-order valence-electron chi connectivity index (χ1n) is 9.25. The van der Waals surface area contributed by atoms with Gasteiger partial charge in [-0.05, 0) is 36.2 Å². The fraction of sp³-hybridized carbons (Fsp3) is 0.318. The molecule has 0 aliphatic rings. The van der Waals surface area contributed by atoms with E-state index in [1.54, 1.807) is 0 Å². The van der Waals surface area contributed by atoms with Gasteiger partial charge in [0.25, 0.3) is 0 Å². The molecule has 3 N–H and O–H groups in total. The van der Waals surface area contributed by atoms with E-state index >= 15 is 0 Å². The molecular formula is C22H28N3O2+. The first-order chi connectivity index (χ1) is 13.0. The van der Waals surface area contributed by atoms with Crippen LogP contribution in [0.1, 0.15) is 24.0 Å². The largest absolute Gasteiger partial charge is 0.465 e. The lowest BCUT2D eigenvalue weighted by Gasteiger charge is -2.19. The number of esters is 1. The van der Waals surface area contributed by atoms with E-state index in [1.807, 2.05) is 27.1 Å². The number of aromatic nitrogens is 1. The van der Waals surface area contributed by atoms with Crippen molar-refractivity contribution in [2.24, 2.45) is 0 Å². The van der Waals surface area contributed by atoms with E-state index in [0.29, 0.717) is 0 Å². The SMILES string of the molecule is COC(=O)[C@@H](C)[NH2+]C[C@@H](c1ccc(N(C)C)cc1)c1c[nH]c2ccccc12. The Balaban J connectivity index is 1.94. The molecular weight excluding hydrogens is 338 g/mol. The molecule has 2 aromatic carbocycles. The maximum absolute atomic E-state index is 11.8. The van der Waals surface area contributed by atoms with Crippen molar-refractivity contribution >= 4 is 22.6 Å². The molecule has 5 heteroatoms.